The van der Waals surface area contributed by atoms with E-state index >= 15 is 0 Å². The van der Waals surface area contributed by atoms with Crippen LogP contribution in [0.5, 0.6) is 0 Å². The van der Waals surface area contributed by atoms with Crippen molar-refractivity contribution in [3.05, 3.63) is 35.5 Å². The summed E-state index contributed by atoms with van der Waals surface area (Å²) in [4.78, 5) is 29.2. The molecule has 0 spiro atoms. The minimum Gasteiger partial charge on any atom is -0.418 e. The Kier molecular flexibility index (Phi) is 8.37. The van der Waals surface area contributed by atoms with Crippen molar-refractivity contribution in [2.24, 2.45) is 0 Å². The van der Waals surface area contributed by atoms with Gasteiger partial charge in [0, 0.05) is 70.3 Å². The molecule has 1 saturated heterocycles. The van der Waals surface area contributed by atoms with Crippen LogP contribution in [0.2, 0.25) is 0 Å². The molecule has 37 heavy (non-hydrogen) atoms. The Morgan fingerprint density at radius 3 is 2.78 bits per heavy atom. The van der Waals surface area contributed by atoms with Crippen molar-refractivity contribution in [3.8, 4) is 6.07 Å². The Morgan fingerprint density at radius 2 is 2.11 bits per heavy atom. The first-order valence-electron chi connectivity index (χ1n) is 12.8. The number of rotatable bonds is 10. The maximum absolute atomic E-state index is 13.5. The number of fused-ring (bicyclic) bond motifs is 1. The molecule has 2 fully saturated rings. The summed E-state index contributed by atoms with van der Waals surface area (Å²) in [6.45, 7) is 5.36. The van der Waals surface area contributed by atoms with E-state index in [-0.39, 0.29) is 25.1 Å². The molecule has 2 heterocycles. The van der Waals surface area contributed by atoms with Crippen LogP contribution in [0.4, 0.5) is 4.79 Å². The first-order chi connectivity index (χ1) is 17.7. The summed E-state index contributed by atoms with van der Waals surface area (Å²) in [5.74, 6) is -1.72. The third kappa shape index (κ3) is 6.80. The lowest BCUT2D eigenvalue weighted by atomic mass is 10.1. The van der Waals surface area contributed by atoms with Gasteiger partial charge in [-0.25, -0.2) is 4.79 Å². The Morgan fingerprint density at radius 1 is 1.32 bits per heavy atom. The highest BCUT2D eigenvalue weighted by Crippen LogP contribution is 2.30. The average Bonchev–Trinajstić information content (AvgIpc) is 3.65. The molecule has 1 saturated carbocycles. The van der Waals surface area contributed by atoms with Crippen LogP contribution in [0, 0.1) is 11.3 Å². The highest BCUT2D eigenvalue weighted by atomic mass is 16.7. The average molecular weight is 513 g/mol. The number of benzene rings is 1. The number of aromatic nitrogens is 1. The van der Waals surface area contributed by atoms with E-state index in [2.05, 4.69) is 16.8 Å². The molecule has 0 bridgehead atoms. The van der Waals surface area contributed by atoms with Gasteiger partial charge >= 0.3 is 6.09 Å². The van der Waals surface area contributed by atoms with Crippen LogP contribution < -0.4 is 0 Å². The molecule has 200 valence electrons. The van der Waals surface area contributed by atoms with Gasteiger partial charge in [-0.05, 0) is 43.4 Å². The number of morpholine rings is 1. The first kappa shape index (κ1) is 26.9. The van der Waals surface area contributed by atoms with E-state index in [0.717, 1.165) is 42.3 Å². The van der Waals surface area contributed by atoms with Crippen molar-refractivity contribution in [1.82, 2.24) is 14.4 Å². The van der Waals surface area contributed by atoms with Crippen LogP contribution in [0.15, 0.2) is 24.4 Å². The molecule has 2 aromatic rings. The molecule has 2 amide bonds. The third-order valence-corrected chi connectivity index (χ3v) is 6.67. The minimum atomic E-state index is -1.59. The van der Waals surface area contributed by atoms with Gasteiger partial charge in [-0.15, -0.1) is 0 Å². The van der Waals surface area contributed by atoms with Crippen molar-refractivity contribution >= 4 is 22.9 Å². The number of carbonyl (C=O) groups is 2. The van der Waals surface area contributed by atoms with E-state index in [9.17, 15) is 20.0 Å². The van der Waals surface area contributed by atoms with Gasteiger partial charge in [0.25, 0.3) is 5.91 Å². The van der Waals surface area contributed by atoms with Crippen molar-refractivity contribution in [1.29, 1.82) is 5.26 Å². The van der Waals surface area contributed by atoms with E-state index in [1.807, 2.05) is 23.1 Å². The fourth-order valence-electron chi connectivity index (χ4n) is 4.73. The number of nitriles is 1. The molecular weight excluding hydrogens is 476 g/mol. The van der Waals surface area contributed by atoms with Crippen LogP contribution in [-0.4, -0.2) is 89.4 Å². The van der Waals surface area contributed by atoms with Gasteiger partial charge in [0.1, 0.15) is 0 Å². The zero-order valence-electron chi connectivity index (χ0n) is 21.8. The molecule has 0 unspecified atom stereocenters. The van der Waals surface area contributed by atoms with Crippen molar-refractivity contribution in [2.45, 2.75) is 64.0 Å². The normalized spacial score (nSPS) is 18.0. The molecule has 4 rings (SSSR count). The summed E-state index contributed by atoms with van der Waals surface area (Å²) < 4.78 is 18.2. The lowest BCUT2D eigenvalue weighted by Gasteiger charge is -2.35. The zero-order valence-corrected chi connectivity index (χ0v) is 21.8. The van der Waals surface area contributed by atoms with E-state index < -0.39 is 18.0 Å². The van der Waals surface area contributed by atoms with Crippen LogP contribution in [0.3, 0.4) is 0 Å². The fourth-order valence-corrected chi connectivity index (χ4v) is 4.73. The summed E-state index contributed by atoms with van der Waals surface area (Å²) in [6, 6.07) is 8.11. The standard InChI is InChI=1S/C27H36N4O6/c1-27(2,34)37-26(33)30-12-14-36-24(18-30)25(32)31(21-6-7-21)11-9-20-17-29(10-4-13-35-3)23-15-19(16-28)5-8-22(20)23/h5,8,15,17,21,24,34H,4,6-7,9-14,18H2,1-3H3/t24-/m1/s1. The van der Waals surface area contributed by atoms with E-state index in [4.69, 9.17) is 14.2 Å². The molecule has 10 heteroatoms. The molecule has 1 aliphatic heterocycles. The molecule has 1 N–H and O–H groups in total. The maximum atomic E-state index is 13.5. The van der Waals surface area contributed by atoms with Crippen LogP contribution >= 0.6 is 0 Å². The van der Waals surface area contributed by atoms with E-state index in [1.54, 1.807) is 7.11 Å². The largest absolute Gasteiger partial charge is 0.418 e. The van der Waals surface area contributed by atoms with Gasteiger partial charge in [-0.2, -0.15) is 5.26 Å². The monoisotopic (exact) mass is 512 g/mol. The van der Waals surface area contributed by atoms with Gasteiger partial charge in [0.15, 0.2) is 6.10 Å². The molecule has 0 radical (unpaired) electrons. The SMILES string of the molecule is COCCCn1cc(CCN(C(=O)[C@H]2CN(C(=O)OC(C)(C)O)CCO2)C2CC2)c2ccc(C#N)cc21. The number of methoxy groups -OCH3 is 1. The number of hydrogen-bond donors (Lipinski definition) is 1. The predicted molar refractivity (Wildman–Crippen MR) is 136 cm³/mol. The minimum absolute atomic E-state index is 0.0900. The number of amides is 2. The summed E-state index contributed by atoms with van der Waals surface area (Å²) in [6.07, 6.45) is 4.11. The second-order valence-electron chi connectivity index (χ2n) is 10.2. The number of ether oxygens (including phenoxy) is 3. The lowest BCUT2D eigenvalue weighted by molar-refractivity contribution is -0.156. The van der Waals surface area contributed by atoms with Gasteiger partial charge in [0.2, 0.25) is 5.79 Å². The van der Waals surface area contributed by atoms with E-state index in [1.165, 1.54) is 18.7 Å². The van der Waals surface area contributed by atoms with Crippen LogP contribution in [0.25, 0.3) is 10.9 Å². The number of aliphatic hydroxyl groups is 1. The fraction of sp³-hybridized carbons (Fsp3) is 0.593. The Balaban J connectivity index is 1.46. The maximum Gasteiger partial charge on any atom is 0.412 e. The third-order valence-electron chi connectivity index (χ3n) is 6.67. The van der Waals surface area contributed by atoms with Gasteiger partial charge in [-0.1, -0.05) is 6.07 Å². The summed E-state index contributed by atoms with van der Waals surface area (Å²) >= 11 is 0. The zero-order chi connectivity index (χ0) is 26.6. The van der Waals surface area contributed by atoms with Gasteiger partial charge in [-0.3, -0.25) is 4.79 Å². The number of aryl methyl sites for hydroxylation is 1. The van der Waals surface area contributed by atoms with E-state index in [0.29, 0.717) is 31.7 Å². The van der Waals surface area contributed by atoms with Crippen LogP contribution in [0.1, 0.15) is 44.2 Å². The van der Waals surface area contributed by atoms with Crippen molar-refractivity contribution < 1.29 is 28.9 Å². The number of nitrogens with zero attached hydrogens (tertiary/aromatic N) is 4. The highest BCUT2D eigenvalue weighted by Gasteiger charge is 2.39. The topological polar surface area (TPSA) is 117 Å². The van der Waals surface area contributed by atoms with Crippen LogP contribution in [-0.2, 0) is 32.0 Å². The Labute approximate surface area is 217 Å². The first-order valence-corrected chi connectivity index (χ1v) is 12.8. The molecule has 1 aliphatic carbocycles. The molecule has 1 aromatic carbocycles. The van der Waals surface area contributed by atoms with Gasteiger partial charge < -0.3 is 33.7 Å². The summed E-state index contributed by atoms with van der Waals surface area (Å²) in [7, 11) is 1.68. The lowest BCUT2D eigenvalue weighted by Crippen LogP contribution is -2.54. The second kappa shape index (κ2) is 11.5. The smallest absolute Gasteiger partial charge is 0.412 e. The summed E-state index contributed by atoms with van der Waals surface area (Å²) in [5.41, 5.74) is 2.74. The number of carbonyl (C=O) groups excluding carboxylic acids is 2. The van der Waals surface area contributed by atoms with Crippen molar-refractivity contribution in [3.63, 3.8) is 0 Å². The number of hydrogen-bond acceptors (Lipinski definition) is 7. The Bertz CT molecular complexity index is 1160. The Hall–Kier alpha value is -3.13. The predicted octanol–water partition coefficient (Wildman–Crippen LogP) is 2.65. The summed E-state index contributed by atoms with van der Waals surface area (Å²) in [5, 5.41) is 20.3. The van der Waals surface area contributed by atoms with Crippen molar-refractivity contribution in [2.75, 3.05) is 40.0 Å². The molecule has 1 atom stereocenters. The molecule has 1 aromatic heterocycles. The van der Waals surface area contributed by atoms with Gasteiger partial charge in [0.05, 0.1) is 24.8 Å². The second-order valence-corrected chi connectivity index (χ2v) is 10.2. The molecule has 10 nitrogen and oxygen atoms in total. The molecule has 2 aliphatic rings. The quantitative estimate of drug-likeness (QED) is 0.384. The highest BCUT2D eigenvalue weighted by molar-refractivity contribution is 5.86. The molecular formula is C27H36N4O6.